The Kier molecular flexibility index (Phi) is 4.80. The fourth-order valence-corrected chi connectivity index (χ4v) is 3.35. The third-order valence-corrected chi connectivity index (χ3v) is 4.87. The van der Waals surface area contributed by atoms with Crippen LogP contribution in [0.4, 0.5) is 5.69 Å². The van der Waals surface area contributed by atoms with Gasteiger partial charge in [-0.3, -0.25) is 4.79 Å². The van der Waals surface area contributed by atoms with Crippen LogP contribution in [0.3, 0.4) is 0 Å². The maximum atomic E-state index is 12.3. The zero-order valence-corrected chi connectivity index (χ0v) is 14.8. The van der Waals surface area contributed by atoms with Crippen molar-refractivity contribution in [1.29, 1.82) is 0 Å². The number of anilines is 1. The van der Waals surface area contributed by atoms with Crippen LogP contribution in [0.2, 0.25) is 0 Å². The highest BCUT2D eigenvalue weighted by atomic mass is 32.1. The minimum atomic E-state index is -0.128. The maximum Gasteiger partial charge on any atom is 0.275 e. The molecule has 0 fully saturated rings. The molecular weight excluding hydrogens is 324 g/mol. The Morgan fingerprint density at radius 2 is 2.00 bits per heavy atom. The molecule has 0 aliphatic rings. The monoisotopic (exact) mass is 344 g/mol. The quantitative estimate of drug-likeness (QED) is 0.688. The van der Waals surface area contributed by atoms with Crippen LogP contribution in [0, 0.1) is 0 Å². The van der Waals surface area contributed by atoms with E-state index in [2.05, 4.69) is 21.9 Å². The fourth-order valence-electron chi connectivity index (χ4n) is 2.49. The van der Waals surface area contributed by atoms with Crippen molar-refractivity contribution in [2.24, 2.45) is 0 Å². The van der Waals surface area contributed by atoms with E-state index in [1.165, 1.54) is 15.9 Å². The Labute approximate surface area is 144 Å². The molecule has 1 aromatic carbocycles. The summed E-state index contributed by atoms with van der Waals surface area (Å²) in [5, 5.41) is 5.20. The molecular formula is C17H20N4O2S. The molecule has 24 heavy (non-hydrogen) atoms. The van der Waals surface area contributed by atoms with E-state index in [0.29, 0.717) is 11.5 Å². The number of methoxy groups -OCH3 is 1. The van der Waals surface area contributed by atoms with E-state index in [1.54, 1.807) is 13.2 Å². The molecule has 3 rings (SSSR count). The van der Waals surface area contributed by atoms with E-state index in [4.69, 9.17) is 4.74 Å². The van der Waals surface area contributed by atoms with Crippen LogP contribution in [0.5, 0.6) is 5.75 Å². The number of ether oxygens (including phenoxy) is 1. The van der Waals surface area contributed by atoms with Crippen molar-refractivity contribution >= 4 is 22.0 Å². The second-order valence-corrected chi connectivity index (χ2v) is 6.38. The summed E-state index contributed by atoms with van der Waals surface area (Å²) in [5.41, 5.74) is 1.69. The molecule has 0 N–H and O–H groups in total. The average Bonchev–Trinajstić information content (AvgIpc) is 3.03. The van der Waals surface area contributed by atoms with Gasteiger partial charge >= 0.3 is 0 Å². The van der Waals surface area contributed by atoms with Gasteiger partial charge < -0.3 is 9.64 Å². The number of fused-ring (bicyclic) bond motifs is 1. The lowest BCUT2D eigenvalue weighted by molar-refractivity contribution is 0.415. The van der Waals surface area contributed by atoms with Gasteiger partial charge in [0.25, 0.3) is 5.56 Å². The highest BCUT2D eigenvalue weighted by molar-refractivity contribution is 7.16. The summed E-state index contributed by atoms with van der Waals surface area (Å²) < 4.78 is 6.58. The smallest absolute Gasteiger partial charge is 0.275 e. The van der Waals surface area contributed by atoms with Crippen molar-refractivity contribution in [3.63, 3.8) is 0 Å². The van der Waals surface area contributed by atoms with Gasteiger partial charge in [-0.2, -0.15) is 9.61 Å². The van der Waals surface area contributed by atoms with Crippen molar-refractivity contribution < 1.29 is 4.74 Å². The van der Waals surface area contributed by atoms with E-state index in [1.807, 2.05) is 31.2 Å². The van der Waals surface area contributed by atoms with Crippen LogP contribution >= 0.6 is 11.3 Å². The van der Waals surface area contributed by atoms with E-state index < -0.39 is 0 Å². The first-order valence-electron chi connectivity index (χ1n) is 7.92. The maximum absolute atomic E-state index is 12.3. The predicted octanol–water partition coefficient (Wildman–Crippen LogP) is 2.75. The summed E-state index contributed by atoms with van der Waals surface area (Å²) in [4.78, 5) is 19.7. The standard InChI is InChI=1S/C17H20N4O2S/c1-4-15-19-21-16(22)10-12(18-17(21)24-15)11-20(5-2)13-6-8-14(23-3)9-7-13/h6-10H,4-5,11H2,1-3H3. The van der Waals surface area contributed by atoms with Gasteiger partial charge in [0.2, 0.25) is 4.96 Å². The van der Waals surface area contributed by atoms with Gasteiger partial charge in [-0.25, -0.2) is 4.98 Å². The normalized spacial score (nSPS) is 11.0. The Balaban J connectivity index is 1.89. The number of aromatic nitrogens is 3. The third-order valence-electron chi connectivity index (χ3n) is 3.81. The van der Waals surface area contributed by atoms with E-state index in [-0.39, 0.29) is 5.56 Å². The molecule has 0 bridgehead atoms. The Morgan fingerprint density at radius 1 is 1.25 bits per heavy atom. The number of hydrogen-bond acceptors (Lipinski definition) is 6. The van der Waals surface area contributed by atoms with Gasteiger partial charge in [-0.15, -0.1) is 0 Å². The summed E-state index contributed by atoms with van der Waals surface area (Å²) in [6.45, 7) is 5.49. The zero-order chi connectivity index (χ0) is 17.1. The minimum absolute atomic E-state index is 0.128. The van der Waals surface area contributed by atoms with Gasteiger partial charge in [0.1, 0.15) is 10.8 Å². The van der Waals surface area contributed by atoms with Crippen LogP contribution in [-0.2, 0) is 13.0 Å². The van der Waals surface area contributed by atoms with Gasteiger partial charge in [0, 0.05) is 18.3 Å². The van der Waals surface area contributed by atoms with Crippen LogP contribution in [-0.4, -0.2) is 28.3 Å². The van der Waals surface area contributed by atoms with Crippen LogP contribution < -0.4 is 15.2 Å². The van der Waals surface area contributed by atoms with Crippen LogP contribution in [0.25, 0.3) is 4.96 Å². The number of hydrogen-bond donors (Lipinski definition) is 0. The topological polar surface area (TPSA) is 59.7 Å². The van der Waals surface area contributed by atoms with Crippen molar-refractivity contribution in [2.75, 3.05) is 18.6 Å². The Morgan fingerprint density at radius 3 is 2.62 bits per heavy atom. The molecule has 0 spiro atoms. The number of aryl methyl sites for hydroxylation is 1. The first-order chi connectivity index (χ1) is 11.6. The lowest BCUT2D eigenvalue weighted by Crippen LogP contribution is -2.24. The summed E-state index contributed by atoms with van der Waals surface area (Å²) >= 11 is 1.47. The summed E-state index contributed by atoms with van der Waals surface area (Å²) in [6.07, 6.45) is 0.801. The van der Waals surface area contributed by atoms with E-state index in [0.717, 1.165) is 35.1 Å². The van der Waals surface area contributed by atoms with Crippen LogP contribution in [0.15, 0.2) is 35.1 Å². The first-order valence-corrected chi connectivity index (χ1v) is 8.74. The van der Waals surface area contributed by atoms with E-state index >= 15 is 0 Å². The minimum Gasteiger partial charge on any atom is -0.497 e. The molecule has 0 aliphatic carbocycles. The lowest BCUT2D eigenvalue weighted by Gasteiger charge is -2.22. The third kappa shape index (κ3) is 3.26. The predicted molar refractivity (Wildman–Crippen MR) is 96.2 cm³/mol. The molecule has 7 heteroatoms. The van der Waals surface area contributed by atoms with Gasteiger partial charge in [0.15, 0.2) is 0 Å². The summed E-state index contributed by atoms with van der Waals surface area (Å²) in [6, 6.07) is 9.45. The summed E-state index contributed by atoms with van der Waals surface area (Å²) in [7, 11) is 1.65. The van der Waals surface area contributed by atoms with Crippen molar-refractivity contribution in [1.82, 2.24) is 14.6 Å². The molecule has 6 nitrogen and oxygen atoms in total. The van der Waals surface area contributed by atoms with Crippen molar-refractivity contribution in [3.8, 4) is 5.75 Å². The van der Waals surface area contributed by atoms with Gasteiger partial charge in [0.05, 0.1) is 19.3 Å². The molecule has 0 atom stereocenters. The molecule has 3 aromatic rings. The Bertz CT molecular complexity index is 886. The number of benzene rings is 1. The molecule has 126 valence electrons. The molecule has 0 saturated carbocycles. The molecule has 0 saturated heterocycles. The average molecular weight is 344 g/mol. The van der Waals surface area contributed by atoms with Gasteiger partial charge in [-0.05, 0) is 37.6 Å². The van der Waals surface area contributed by atoms with Crippen molar-refractivity contribution in [2.45, 2.75) is 26.8 Å². The first kappa shape index (κ1) is 16.4. The molecule has 2 heterocycles. The fraction of sp³-hybridized carbons (Fsp3) is 0.353. The van der Waals surface area contributed by atoms with E-state index in [9.17, 15) is 4.79 Å². The Hall–Kier alpha value is -2.41. The van der Waals surface area contributed by atoms with Gasteiger partial charge in [-0.1, -0.05) is 18.3 Å². The molecule has 0 unspecified atom stereocenters. The second kappa shape index (κ2) is 7.00. The van der Waals surface area contributed by atoms with Crippen molar-refractivity contribution in [3.05, 3.63) is 51.4 Å². The molecule has 0 radical (unpaired) electrons. The lowest BCUT2D eigenvalue weighted by atomic mass is 10.2. The SMILES string of the molecule is CCc1nn2c(=O)cc(CN(CC)c3ccc(OC)cc3)nc2s1. The molecule has 2 aromatic heterocycles. The highest BCUT2D eigenvalue weighted by Crippen LogP contribution is 2.21. The largest absolute Gasteiger partial charge is 0.497 e. The number of nitrogens with zero attached hydrogens (tertiary/aromatic N) is 4. The molecule has 0 amide bonds. The summed E-state index contributed by atoms with van der Waals surface area (Å²) in [5.74, 6) is 0.823. The highest BCUT2D eigenvalue weighted by Gasteiger charge is 2.11. The zero-order valence-electron chi connectivity index (χ0n) is 14.0. The number of rotatable bonds is 6. The van der Waals surface area contributed by atoms with Crippen LogP contribution in [0.1, 0.15) is 24.5 Å². The molecule has 0 aliphatic heterocycles. The second-order valence-electron chi connectivity index (χ2n) is 5.34.